The highest BCUT2D eigenvalue weighted by Gasteiger charge is 2.19. The van der Waals surface area contributed by atoms with Crippen molar-refractivity contribution in [2.24, 2.45) is 0 Å². The van der Waals surface area contributed by atoms with Gasteiger partial charge in [0.25, 0.3) is 0 Å². The van der Waals surface area contributed by atoms with Gasteiger partial charge < -0.3 is 20.1 Å². The summed E-state index contributed by atoms with van der Waals surface area (Å²) in [5, 5.41) is 6.12. The maximum Gasteiger partial charge on any atom is 0.249 e. The van der Waals surface area contributed by atoms with E-state index in [2.05, 4.69) is 10.6 Å². The predicted octanol–water partition coefficient (Wildman–Crippen LogP) is 0.295. The second-order valence-corrected chi connectivity index (χ2v) is 4.49. The van der Waals surface area contributed by atoms with Crippen molar-refractivity contribution in [2.45, 2.75) is 45.4 Å². The summed E-state index contributed by atoms with van der Waals surface area (Å²) in [6, 6.07) is 0.196. The van der Waals surface area contributed by atoms with E-state index >= 15 is 0 Å². The zero-order valence-electron chi connectivity index (χ0n) is 11.0. The molecule has 1 aliphatic rings. The van der Waals surface area contributed by atoms with Gasteiger partial charge in [-0.25, -0.2) is 0 Å². The third-order valence-electron chi connectivity index (χ3n) is 2.91. The summed E-state index contributed by atoms with van der Waals surface area (Å²) in [6.45, 7) is 8.65. The van der Waals surface area contributed by atoms with Gasteiger partial charge in [-0.3, -0.25) is 4.79 Å². The molecule has 1 rings (SSSR count). The van der Waals surface area contributed by atoms with Gasteiger partial charge in [0, 0.05) is 19.1 Å². The molecule has 1 fully saturated rings. The molecule has 2 N–H and O–H groups in total. The fraction of sp³-hybridized carbons (Fsp3) is 0.917. The van der Waals surface area contributed by atoms with E-state index in [0.717, 1.165) is 19.5 Å². The van der Waals surface area contributed by atoms with Crippen molar-refractivity contribution in [3.63, 3.8) is 0 Å². The second-order valence-electron chi connectivity index (χ2n) is 4.49. The number of morpholine rings is 1. The molecular weight excluding hydrogens is 220 g/mol. The summed E-state index contributed by atoms with van der Waals surface area (Å²) >= 11 is 0. The lowest BCUT2D eigenvalue weighted by Crippen LogP contribution is -2.44. The first-order valence-corrected chi connectivity index (χ1v) is 6.37. The average molecular weight is 244 g/mol. The Morgan fingerprint density at radius 2 is 2.35 bits per heavy atom. The minimum Gasteiger partial charge on any atom is -0.373 e. The number of nitrogens with one attached hydrogen (secondary N) is 2. The van der Waals surface area contributed by atoms with Gasteiger partial charge in [0.2, 0.25) is 5.91 Å². The highest BCUT2D eigenvalue weighted by Crippen LogP contribution is 2.01. The van der Waals surface area contributed by atoms with Gasteiger partial charge in [0.15, 0.2) is 0 Å². The number of ether oxygens (including phenoxy) is 2. The zero-order chi connectivity index (χ0) is 12.7. The SMILES string of the molecule is CCC(C)NC(=O)C(C)OCC1CNCCO1. The molecule has 0 aromatic heterocycles. The van der Waals surface area contributed by atoms with Gasteiger partial charge in [0.1, 0.15) is 6.10 Å². The Balaban J connectivity index is 2.18. The molecule has 17 heavy (non-hydrogen) atoms. The molecule has 0 aromatic carbocycles. The summed E-state index contributed by atoms with van der Waals surface area (Å²) in [5.41, 5.74) is 0. The maximum atomic E-state index is 11.7. The molecule has 0 spiro atoms. The number of carbonyl (C=O) groups is 1. The van der Waals surface area contributed by atoms with E-state index in [1.54, 1.807) is 6.92 Å². The van der Waals surface area contributed by atoms with Crippen LogP contribution in [-0.4, -0.2) is 50.5 Å². The monoisotopic (exact) mass is 244 g/mol. The third kappa shape index (κ3) is 5.48. The lowest BCUT2D eigenvalue weighted by atomic mass is 10.2. The van der Waals surface area contributed by atoms with Crippen LogP contribution in [0.3, 0.4) is 0 Å². The van der Waals surface area contributed by atoms with Crippen LogP contribution >= 0.6 is 0 Å². The van der Waals surface area contributed by atoms with E-state index in [9.17, 15) is 4.79 Å². The van der Waals surface area contributed by atoms with Gasteiger partial charge in [-0.1, -0.05) is 6.92 Å². The van der Waals surface area contributed by atoms with Crippen molar-refractivity contribution in [2.75, 3.05) is 26.3 Å². The van der Waals surface area contributed by atoms with Gasteiger partial charge in [-0.05, 0) is 20.3 Å². The van der Waals surface area contributed by atoms with Crippen molar-refractivity contribution >= 4 is 5.91 Å². The Kier molecular flexibility index (Phi) is 6.47. The minimum atomic E-state index is -0.422. The molecule has 5 nitrogen and oxygen atoms in total. The molecule has 0 bridgehead atoms. The maximum absolute atomic E-state index is 11.7. The van der Waals surface area contributed by atoms with Crippen LogP contribution in [0.5, 0.6) is 0 Å². The van der Waals surface area contributed by atoms with E-state index in [-0.39, 0.29) is 18.1 Å². The Hall–Kier alpha value is -0.650. The van der Waals surface area contributed by atoms with Crippen LogP contribution in [0.1, 0.15) is 27.2 Å². The molecular formula is C12H24N2O3. The van der Waals surface area contributed by atoms with Crippen LogP contribution in [0.4, 0.5) is 0 Å². The number of hydrogen-bond donors (Lipinski definition) is 2. The molecule has 1 amide bonds. The molecule has 0 aromatic rings. The average Bonchev–Trinajstić information content (AvgIpc) is 2.36. The molecule has 0 radical (unpaired) electrons. The first kappa shape index (κ1) is 14.4. The molecule has 3 atom stereocenters. The van der Waals surface area contributed by atoms with Gasteiger partial charge in [0.05, 0.1) is 19.3 Å². The third-order valence-corrected chi connectivity index (χ3v) is 2.91. The number of rotatable bonds is 6. The summed E-state index contributed by atoms with van der Waals surface area (Å²) in [7, 11) is 0. The quantitative estimate of drug-likeness (QED) is 0.705. The molecule has 0 saturated carbocycles. The molecule has 3 unspecified atom stereocenters. The minimum absolute atomic E-state index is 0.0527. The molecule has 1 aliphatic heterocycles. The van der Waals surface area contributed by atoms with Crippen LogP contribution in [0, 0.1) is 0 Å². The Bertz CT molecular complexity index is 230. The van der Waals surface area contributed by atoms with Crippen molar-refractivity contribution in [3.05, 3.63) is 0 Å². The molecule has 0 aliphatic carbocycles. The first-order valence-electron chi connectivity index (χ1n) is 6.37. The highest BCUT2D eigenvalue weighted by molar-refractivity contribution is 5.80. The largest absolute Gasteiger partial charge is 0.373 e. The van der Waals surface area contributed by atoms with Gasteiger partial charge >= 0.3 is 0 Å². The number of amides is 1. The fourth-order valence-corrected chi connectivity index (χ4v) is 1.52. The Morgan fingerprint density at radius 1 is 1.59 bits per heavy atom. The van der Waals surface area contributed by atoms with Crippen molar-refractivity contribution in [3.8, 4) is 0 Å². The second kappa shape index (κ2) is 7.63. The van der Waals surface area contributed by atoms with E-state index in [0.29, 0.717) is 13.2 Å². The predicted molar refractivity (Wildman–Crippen MR) is 65.9 cm³/mol. The molecule has 100 valence electrons. The number of hydrogen-bond acceptors (Lipinski definition) is 4. The van der Waals surface area contributed by atoms with E-state index < -0.39 is 6.10 Å². The van der Waals surface area contributed by atoms with Crippen molar-refractivity contribution in [1.82, 2.24) is 10.6 Å². The Morgan fingerprint density at radius 3 is 2.94 bits per heavy atom. The van der Waals surface area contributed by atoms with Crippen molar-refractivity contribution in [1.29, 1.82) is 0 Å². The van der Waals surface area contributed by atoms with Crippen LogP contribution in [-0.2, 0) is 14.3 Å². The Labute approximate surface area is 103 Å². The van der Waals surface area contributed by atoms with Crippen LogP contribution < -0.4 is 10.6 Å². The highest BCUT2D eigenvalue weighted by atomic mass is 16.5. The summed E-state index contributed by atoms with van der Waals surface area (Å²) in [6.07, 6.45) is 0.561. The van der Waals surface area contributed by atoms with Crippen molar-refractivity contribution < 1.29 is 14.3 Å². The lowest BCUT2D eigenvalue weighted by Gasteiger charge is -2.25. The van der Waals surface area contributed by atoms with Crippen LogP contribution in [0.15, 0.2) is 0 Å². The summed E-state index contributed by atoms with van der Waals surface area (Å²) in [5.74, 6) is -0.0527. The number of carbonyl (C=O) groups excluding carboxylic acids is 1. The van der Waals surface area contributed by atoms with Gasteiger partial charge in [-0.2, -0.15) is 0 Å². The van der Waals surface area contributed by atoms with Gasteiger partial charge in [-0.15, -0.1) is 0 Å². The standard InChI is InChI=1S/C12H24N2O3/c1-4-9(2)14-12(15)10(3)17-8-11-7-13-5-6-16-11/h9-11,13H,4-8H2,1-3H3,(H,14,15). The first-order chi connectivity index (χ1) is 8.13. The van der Waals surface area contributed by atoms with E-state index in [4.69, 9.17) is 9.47 Å². The topological polar surface area (TPSA) is 59.6 Å². The smallest absolute Gasteiger partial charge is 0.249 e. The lowest BCUT2D eigenvalue weighted by molar-refractivity contribution is -0.135. The van der Waals surface area contributed by atoms with Crippen LogP contribution in [0.25, 0.3) is 0 Å². The molecule has 1 saturated heterocycles. The normalized spacial score (nSPS) is 24.1. The summed E-state index contributed by atoms with van der Waals surface area (Å²) < 4.78 is 11.0. The molecule has 5 heteroatoms. The summed E-state index contributed by atoms with van der Waals surface area (Å²) in [4.78, 5) is 11.7. The van der Waals surface area contributed by atoms with E-state index in [1.807, 2.05) is 13.8 Å². The fourth-order valence-electron chi connectivity index (χ4n) is 1.52. The van der Waals surface area contributed by atoms with Crippen LogP contribution in [0.2, 0.25) is 0 Å². The van der Waals surface area contributed by atoms with E-state index in [1.165, 1.54) is 0 Å². The zero-order valence-corrected chi connectivity index (χ0v) is 11.0. The molecule has 1 heterocycles.